The summed E-state index contributed by atoms with van der Waals surface area (Å²) in [4.78, 5) is 0. The number of nitrogens with one attached hydrogen (secondary N) is 1. The van der Waals surface area contributed by atoms with Crippen molar-refractivity contribution >= 4 is 11.8 Å². The molecule has 0 saturated carbocycles. The molecule has 0 spiro atoms. The summed E-state index contributed by atoms with van der Waals surface area (Å²) < 4.78 is 0. The molecule has 0 aromatic rings. The average Bonchev–Trinajstić information content (AvgIpc) is 2.30. The Morgan fingerprint density at radius 2 is 2.12 bits per heavy atom. The van der Waals surface area contributed by atoms with Gasteiger partial charge in [-0.3, -0.25) is 0 Å². The van der Waals surface area contributed by atoms with Crippen molar-refractivity contribution in [3.05, 3.63) is 0 Å². The first-order valence-electron chi connectivity index (χ1n) is 7.41. The van der Waals surface area contributed by atoms with Crippen molar-refractivity contribution in [3.8, 4) is 0 Å². The van der Waals surface area contributed by atoms with Crippen LogP contribution in [0.15, 0.2) is 0 Å². The molecule has 1 aliphatic heterocycles. The summed E-state index contributed by atoms with van der Waals surface area (Å²) in [5.41, 5.74) is 0.494. The zero-order chi connectivity index (χ0) is 12.7. The van der Waals surface area contributed by atoms with Crippen molar-refractivity contribution in [2.75, 3.05) is 18.1 Å². The van der Waals surface area contributed by atoms with Gasteiger partial charge in [0.2, 0.25) is 0 Å². The van der Waals surface area contributed by atoms with Gasteiger partial charge in [-0.25, -0.2) is 0 Å². The van der Waals surface area contributed by atoms with E-state index in [9.17, 15) is 0 Å². The van der Waals surface area contributed by atoms with Gasteiger partial charge in [-0.05, 0) is 36.5 Å². The van der Waals surface area contributed by atoms with Crippen LogP contribution in [0.1, 0.15) is 59.8 Å². The maximum Gasteiger partial charge on any atom is 0.0209 e. The second kappa shape index (κ2) is 7.68. The minimum absolute atomic E-state index is 0.494. The van der Waals surface area contributed by atoms with Crippen molar-refractivity contribution in [2.24, 2.45) is 11.3 Å². The zero-order valence-corrected chi connectivity index (χ0v) is 13.0. The lowest BCUT2D eigenvalue weighted by atomic mass is 9.82. The molecular formula is C15H31NS. The van der Waals surface area contributed by atoms with Crippen molar-refractivity contribution in [2.45, 2.75) is 65.8 Å². The third kappa shape index (κ3) is 5.21. The molecule has 17 heavy (non-hydrogen) atoms. The minimum Gasteiger partial charge on any atom is -0.312 e. The lowest BCUT2D eigenvalue weighted by molar-refractivity contribution is 0.233. The molecule has 0 aliphatic carbocycles. The SMILES string of the molecule is CCCCC(CC)CNC1CSCCC1(C)C. The van der Waals surface area contributed by atoms with Crippen LogP contribution >= 0.6 is 11.8 Å². The van der Waals surface area contributed by atoms with Crippen molar-refractivity contribution < 1.29 is 0 Å². The lowest BCUT2D eigenvalue weighted by Crippen LogP contribution is -2.48. The summed E-state index contributed by atoms with van der Waals surface area (Å²) in [6, 6.07) is 0.719. The maximum atomic E-state index is 3.85. The van der Waals surface area contributed by atoms with E-state index in [1.807, 2.05) is 0 Å². The average molecular weight is 257 g/mol. The third-order valence-corrected chi connectivity index (χ3v) is 5.38. The second-order valence-electron chi connectivity index (χ2n) is 6.19. The monoisotopic (exact) mass is 257 g/mol. The summed E-state index contributed by atoms with van der Waals surface area (Å²) >= 11 is 2.12. The Morgan fingerprint density at radius 3 is 2.71 bits per heavy atom. The molecule has 0 aromatic heterocycles. The van der Waals surface area contributed by atoms with Crippen molar-refractivity contribution in [1.82, 2.24) is 5.32 Å². The van der Waals surface area contributed by atoms with Gasteiger partial charge in [0.15, 0.2) is 0 Å². The predicted octanol–water partition coefficient (Wildman–Crippen LogP) is 4.32. The smallest absolute Gasteiger partial charge is 0.0209 e. The van der Waals surface area contributed by atoms with E-state index in [1.165, 1.54) is 50.2 Å². The van der Waals surface area contributed by atoms with Gasteiger partial charge in [0.05, 0.1) is 0 Å². The van der Waals surface area contributed by atoms with Crippen LogP contribution in [0.5, 0.6) is 0 Å². The molecule has 0 aromatic carbocycles. The van der Waals surface area contributed by atoms with Crippen LogP contribution < -0.4 is 5.32 Å². The molecule has 0 radical (unpaired) electrons. The van der Waals surface area contributed by atoms with E-state index in [4.69, 9.17) is 0 Å². The van der Waals surface area contributed by atoms with Crippen LogP contribution in [0.25, 0.3) is 0 Å². The van der Waals surface area contributed by atoms with Gasteiger partial charge in [0.1, 0.15) is 0 Å². The van der Waals surface area contributed by atoms with Crippen molar-refractivity contribution in [3.63, 3.8) is 0 Å². The molecule has 2 atom stereocenters. The van der Waals surface area contributed by atoms with Crippen LogP contribution in [0, 0.1) is 11.3 Å². The first kappa shape index (κ1) is 15.4. The summed E-state index contributed by atoms with van der Waals surface area (Å²) in [7, 11) is 0. The van der Waals surface area contributed by atoms with Gasteiger partial charge < -0.3 is 5.32 Å². The molecule has 1 N–H and O–H groups in total. The summed E-state index contributed by atoms with van der Waals surface area (Å²) in [6.45, 7) is 10.7. The number of thioether (sulfide) groups is 1. The molecule has 2 unspecified atom stereocenters. The third-order valence-electron chi connectivity index (χ3n) is 4.31. The largest absolute Gasteiger partial charge is 0.312 e. The number of hydrogen-bond acceptors (Lipinski definition) is 2. The first-order chi connectivity index (χ1) is 8.10. The fraction of sp³-hybridized carbons (Fsp3) is 1.00. The van der Waals surface area contributed by atoms with Gasteiger partial charge in [-0.2, -0.15) is 11.8 Å². The molecule has 0 amide bonds. The highest BCUT2D eigenvalue weighted by Gasteiger charge is 2.32. The van der Waals surface area contributed by atoms with Gasteiger partial charge in [0, 0.05) is 11.8 Å². The molecule has 1 rings (SSSR count). The topological polar surface area (TPSA) is 12.0 Å². The molecule has 1 aliphatic rings. The van der Waals surface area contributed by atoms with Gasteiger partial charge in [0.25, 0.3) is 0 Å². The van der Waals surface area contributed by atoms with E-state index in [1.54, 1.807) is 0 Å². The standard InChI is InChI=1S/C15H31NS/c1-5-7-8-13(6-2)11-16-14-12-17-10-9-15(14,3)4/h13-14,16H,5-12H2,1-4H3. The summed E-state index contributed by atoms with van der Waals surface area (Å²) in [5, 5.41) is 3.85. The van der Waals surface area contributed by atoms with Gasteiger partial charge >= 0.3 is 0 Å². The highest BCUT2D eigenvalue weighted by Crippen LogP contribution is 2.34. The fourth-order valence-corrected chi connectivity index (χ4v) is 4.17. The minimum atomic E-state index is 0.494. The van der Waals surface area contributed by atoms with E-state index in [-0.39, 0.29) is 0 Å². The molecule has 102 valence electrons. The van der Waals surface area contributed by atoms with E-state index in [2.05, 4.69) is 44.8 Å². The number of rotatable bonds is 7. The Morgan fingerprint density at radius 1 is 1.35 bits per heavy atom. The van der Waals surface area contributed by atoms with Crippen LogP contribution in [-0.2, 0) is 0 Å². The zero-order valence-electron chi connectivity index (χ0n) is 12.2. The Balaban J connectivity index is 2.31. The van der Waals surface area contributed by atoms with E-state index in [0.29, 0.717) is 5.41 Å². The molecule has 2 heteroatoms. The summed E-state index contributed by atoms with van der Waals surface area (Å²) in [5.74, 6) is 3.53. The Hall–Kier alpha value is 0.310. The molecule has 1 saturated heterocycles. The number of hydrogen-bond donors (Lipinski definition) is 1. The highest BCUT2D eigenvalue weighted by atomic mass is 32.2. The van der Waals surface area contributed by atoms with E-state index >= 15 is 0 Å². The highest BCUT2D eigenvalue weighted by molar-refractivity contribution is 7.99. The van der Waals surface area contributed by atoms with E-state index in [0.717, 1.165) is 12.0 Å². The molecule has 1 fully saturated rings. The Bertz CT molecular complexity index is 203. The van der Waals surface area contributed by atoms with Gasteiger partial charge in [-0.1, -0.05) is 47.0 Å². The molecule has 1 nitrogen and oxygen atoms in total. The summed E-state index contributed by atoms with van der Waals surface area (Å²) in [6.07, 6.45) is 6.82. The second-order valence-corrected chi connectivity index (χ2v) is 7.34. The number of unbranched alkanes of at least 4 members (excludes halogenated alkanes) is 1. The first-order valence-corrected chi connectivity index (χ1v) is 8.56. The van der Waals surface area contributed by atoms with Crippen molar-refractivity contribution in [1.29, 1.82) is 0 Å². The molecular weight excluding hydrogens is 226 g/mol. The molecule has 0 bridgehead atoms. The molecule has 1 heterocycles. The van der Waals surface area contributed by atoms with Crippen LogP contribution in [0.2, 0.25) is 0 Å². The van der Waals surface area contributed by atoms with E-state index < -0.39 is 0 Å². The Labute approximate surface area is 113 Å². The quantitative estimate of drug-likeness (QED) is 0.729. The van der Waals surface area contributed by atoms with Gasteiger partial charge in [-0.15, -0.1) is 0 Å². The van der Waals surface area contributed by atoms with Crippen LogP contribution in [-0.4, -0.2) is 24.1 Å². The fourth-order valence-electron chi connectivity index (χ4n) is 2.52. The lowest BCUT2D eigenvalue weighted by Gasteiger charge is -2.39. The predicted molar refractivity (Wildman–Crippen MR) is 80.8 cm³/mol. The normalized spacial score (nSPS) is 25.8. The Kier molecular flexibility index (Phi) is 6.94. The van der Waals surface area contributed by atoms with Crippen LogP contribution in [0.3, 0.4) is 0 Å². The maximum absolute atomic E-state index is 3.85. The van der Waals surface area contributed by atoms with Crippen LogP contribution in [0.4, 0.5) is 0 Å².